The molecule has 12 heteroatoms. The van der Waals surface area contributed by atoms with Gasteiger partial charge in [-0.3, -0.25) is 14.6 Å². The first-order valence-electron chi connectivity index (χ1n) is 12.5. The van der Waals surface area contributed by atoms with Crippen molar-refractivity contribution in [3.63, 3.8) is 0 Å². The molecule has 40 heavy (non-hydrogen) atoms. The number of anilines is 2. The molecule has 0 spiro atoms. The van der Waals surface area contributed by atoms with Crippen LogP contribution < -0.4 is 31.6 Å². The first-order chi connectivity index (χ1) is 19.2. The maximum atomic E-state index is 12.9. The molecule has 1 saturated heterocycles. The van der Waals surface area contributed by atoms with Crippen LogP contribution in [0.1, 0.15) is 18.8 Å². The minimum Gasteiger partial charge on any atom is -0.397 e. The van der Waals surface area contributed by atoms with Gasteiger partial charge in [0.15, 0.2) is 5.43 Å². The van der Waals surface area contributed by atoms with E-state index in [1.165, 1.54) is 35.5 Å². The summed E-state index contributed by atoms with van der Waals surface area (Å²) in [6.07, 6.45) is 1.50. The molecular formula is C28H32N6O5S. The van der Waals surface area contributed by atoms with E-state index in [1.54, 1.807) is 54.6 Å². The van der Waals surface area contributed by atoms with Crippen LogP contribution in [0.15, 0.2) is 94.8 Å². The number of aromatic nitrogens is 1. The number of carbonyl (C=O) groups excluding carboxylic acids is 1. The summed E-state index contributed by atoms with van der Waals surface area (Å²) in [4.78, 5) is 30.8. The van der Waals surface area contributed by atoms with Gasteiger partial charge in [0.25, 0.3) is 15.9 Å². The van der Waals surface area contributed by atoms with E-state index in [4.69, 9.17) is 16.3 Å². The van der Waals surface area contributed by atoms with Crippen LogP contribution in [-0.2, 0) is 14.8 Å². The van der Waals surface area contributed by atoms with Crippen LogP contribution in [0.3, 0.4) is 0 Å². The standard InChI is InChI=1S/C28H28N6O5S.2H2/c29-24(22-7-4-8-23-25(35)17-26(31-27(22)23)33-13-15-39-16-14-33)18-34(30)20-11-9-19(10-12-20)28(36)32-40(37,38)21-5-2-1-3-6-21;;/h1-12,17-18H,13-16,29-30H2,(H,31,35)(H,32,36);2*1H/b24-18-;;. The highest BCUT2D eigenvalue weighted by molar-refractivity contribution is 7.90. The predicted molar refractivity (Wildman–Crippen MR) is 158 cm³/mol. The van der Waals surface area contributed by atoms with Gasteiger partial charge in [0.1, 0.15) is 5.82 Å². The number of ether oxygens (including phenoxy) is 1. The van der Waals surface area contributed by atoms with Gasteiger partial charge < -0.3 is 20.4 Å². The van der Waals surface area contributed by atoms with Crippen LogP contribution >= 0.6 is 0 Å². The third-order valence-electron chi connectivity index (χ3n) is 6.50. The number of nitrogens with zero attached hydrogens (tertiary/aromatic N) is 2. The van der Waals surface area contributed by atoms with Crippen LogP contribution in [0.25, 0.3) is 16.6 Å². The summed E-state index contributed by atoms with van der Waals surface area (Å²) < 4.78 is 32.4. The first-order valence-corrected chi connectivity index (χ1v) is 13.9. The summed E-state index contributed by atoms with van der Waals surface area (Å²) >= 11 is 0. The Morgan fingerprint density at radius 1 is 1.02 bits per heavy atom. The lowest BCUT2D eigenvalue weighted by atomic mass is 10.1. The number of hydrazine groups is 1. The van der Waals surface area contributed by atoms with E-state index < -0.39 is 15.9 Å². The molecular weight excluding hydrogens is 532 g/mol. The van der Waals surface area contributed by atoms with Crippen molar-refractivity contribution in [2.45, 2.75) is 4.90 Å². The molecule has 1 amide bonds. The molecule has 4 aromatic rings. The largest absolute Gasteiger partial charge is 0.397 e. The number of sulfonamides is 1. The molecule has 0 bridgehead atoms. The van der Waals surface area contributed by atoms with Gasteiger partial charge >= 0.3 is 0 Å². The van der Waals surface area contributed by atoms with Gasteiger partial charge in [0, 0.05) is 44.7 Å². The average Bonchev–Trinajstić information content (AvgIpc) is 2.97. The molecule has 1 aliphatic heterocycles. The van der Waals surface area contributed by atoms with Crippen molar-refractivity contribution in [3.05, 3.63) is 106 Å². The Labute approximate surface area is 233 Å². The van der Waals surface area contributed by atoms with Gasteiger partial charge in [-0.2, -0.15) is 0 Å². The summed E-state index contributed by atoms with van der Waals surface area (Å²) in [5, 5.41) is 1.77. The summed E-state index contributed by atoms with van der Waals surface area (Å²) in [5.41, 5.74) is 8.43. The molecule has 1 aromatic heterocycles. The zero-order valence-electron chi connectivity index (χ0n) is 21.4. The van der Waals surface area contributed by atoms with Crippen molar-refractivity contribution in [2.75, 3.05) is 36.2 Å². The maximum absolute atomic E-state index is 12.9. The molecule has 6 N–H and O–H groups in total. The minimum atomic E-state index is -4.01. The summed E-state index contributed by atoms with van der Waals surface area (Å²) in [7, 11) is -4.01. The molecule has 0 aliphatic carbocycles. The number of nitrogens with one attached hydrogen (secondary N) is 2. The van der Waals surface area contributed by atoms with Crippen molar-refractivity contribution < 1.29 is 20.8 Å². The Morgan fingerprint density at radius 3 is 2.42 bits per heavy atom. The molecule has 0 atom stereocenters. The van der Waals surface area contributed by atoms with Crippen molar-refractivity contribution in [1.29, 1.82) is 0 Å². The number of benzene rings is 3. The zero-order valence-corrected chi connectivity index (χ0v) is 22.2. The van der Waals surface area contributed by atoms with E-state index in [0.717, 1.165) is 0 Å². The quantitative estimate of drug-likeness (QED) is 0.195. The smallest absolute Gasteiger partial charge is 0.264 e. The lowest BCUT2D eigenvalue weighted by molar-refractivity contribution is 0.0981. The van der Waals surface area contributed by atoms with Gasteiger partial charge in [0.05, 0.1) is 35.0 Å². The monoisotopic (exact) mass is 564 g/mol. The molecule has 1 fully saturated rings. The van der Waals surface area contributed by atoms with E-state index in [0.29, 0.717) is 60.0 Å². The Hall–Kier alpha value is -4.65. The van der Waals surface area contributed by atoms with Gasteiger partial charge in [-0.05, 0) is 42.5 Å². The highest BCUT2D eigenvalue weighted by Crippen LogP contribution is 2.23. The highest BCUT2D eigenvalue weighted by atomic mass is 32.2. The van der Waals surface area contributed by atoms with Gasteiger partial charge in [-0.1, -0.05) is 30.3 Å². The molecule has 2 heterocycles. The number of amides is 1. The highest BCUT2D eigenvalue weighted by Gasteiger charge is 2.19. The topological polar surface area (TPSA) is 164 Å². The fourth-order valence-corrected chi connectivity index (χ4v) is 5.39. The SMILES string of the molecule is N/C(=C\N(N)c1ccc(C(=O)NS(=O)(=O)c2ccccc2)cc1)c1cccc2c(=O)cc(N3CCOCC3)[nH]c12.[HH].[HH]. The van der Waals surface area contributed by atoms with Crippen molar-refractivity contribution in [2.24, 2.45) is 11.6 Å². The van der Waals surface area contributed by atoms with Gasteiger partial charge in [-0.25, -0.2) is 19.0 Å². The second-order valence-corrected chi connectivity index (χ2v) is 10.8. The van der Waals surface area contributed by atoms with Crippen LogP contribution in [-0.4, -0.2) is 45.6 Å². The van der Waals surface area contributed by atoms with Crippen LogP contribution in [0.2, 0.25) is 0 Å². The summed E-state index contributed by atoms with van der Waals surface area (Å²) in [5.74, 6) is 6.16. The molecule has 0 saturated carbocycles. The van der Waals surface area contributed by atoms with Crippen LogP contribution in [0.4, 0.5) is 11.5 Å². The molecule has 1 aliphatic rings. The number of H-pyrrole nitrogens is 1. The molecule has 210 valence electrons. The number of fused-ring (bicyclic) bond motifs is 1. The number of aromatic amines is 1. The van der Waals surface area contributed by atoms with E-state index in [-0.39, 0.29) is 18.7 Å². The average molecular weight is 565 g/mol. The Morgan fingerprint density at radius 2 is 1.73 bits per heavy atom. The second kappa shape index (κ2) is 11.2. The number of morpholine rings is 1. The maximum Gasteiger partial charge on any atom is 0.264 e. The number of para-hydroxylation sites is 1. The van der Waals surface area contributed by atoms with Gasteiger partial charge in [-0.15, -0.1) is 0 Å². The number of carbonyl (C=O) groups is 1. The van der Waals surface area contributed by atoms with E-state index in [1.807, 2.05) is 0 Å². The molecule has 11 nitrogen and oxygen atoms in total. The fourth-order valence-electron chi connectivity index (χ4n) is 4.39. The number of hydrogen-bond acceptors (Lipinski definition) is 9. The van der Waals surface area contributed by atoms with Gasteiger partial charge in [0.2, 0.25) is 0 Å². The number of rotatable bonds is 7. The minimum absolute atomic E-state index is 0. The van der Waals surface area contributed by atoms with E-state index in [9.17, 15) is 18.0 Å². The lowest BCUT2D eigenvalue weighted by Gasteiger charge is -2.28. The second-order valence-electron chi connectivity index (χ2n) is 9.13. The van der Waals surface area contributed by atoms with Crippen LogP contribution in [0.5, 0.6) is 0 Å². The lowest BCUT2D eigenvalue weighted by Crippen LogP contribution is -2.37. The normalized spacial score (nSPS) is 14.2. The summed E-state index contributed by atoms with van der Waals surface area (Å²) in [6, 6.07) is 20.5. The van der Waals surface area contributed by atoms with Crippen molar-refractivity contribution >= 4 is 44.0 Å². The Bertz CT molecular complexity index is 1740. The molecule has 0 radical (unpaired) electrons. The Balaban J connectivity index is 0.00000242. The third kappa shape index (κ3) is 5.69. The van der Waals surface area contributed by atoms with E-state index >= 15 is 0 Å². The first kappa shape index (κ1) is 26.9. The fraction of sp³-hybridized carbons (Fsp3) is 0.143. The molecule has 3 aromatic carbocycles. The number of nitrogens with two attached hydrogens (primary N) is 2. The molecule has 0 unspecified atom stereocenters. The van der Waals surface area contributed by atoms with Crippen molar-refractivity contribution in [1.82, 2.24) is 9.71 Å². The summed E-state index contributed by atoms with van der Waals surface area (Å²) in [6.45, 7) is 2.49. The van der Waals surface area contributed by atoms with Crippen LogP contribution in [0, 0.1) is 0 Å². The Kier molecular flexibility index (Phi) is 7.56. The number of hydrogen-bond donors (Lipinski definition) is 4. The third-order valence-corrected chi connectivity index (χ3v) is 7.85. The number of pyridine rings is 1. The zero-order chi connectivity index (χ0) is 28.3. The van der Waals surface area contributed by atoms with E-state index in [2.05, 4.69) is 14.6 Å². The predicted octanol–water partition coefficient (Wildman–Crippen LogP) is 2.61. The molecule has 5 rings (SSSR count). The van der Waals surface area contributed by atoms with Crippen molar-refractivity contribution in [3.8, 4) is 0 Å².